The number of alkyl halides is 3. The van der Waals surface area contributed by atoms with Crippen LogP contribution in [0.2, 0.25) is 0 Å². The van der Waals surface area contributed by atoms with E-state index in [1.807, 2.05) is 61.5 Å². The number of fused-ring (bicyclic) bond motifs is 5. The Morgan fingerprint density at radius 3 is 1.02 bits per heavy atom. The summed E-state index contributed by atoms with van der Waals surface area (Å²) in [7, 11) is 0. The highest BCUT2D eigenvalue weighted by atomic mass is 19.4. The first-order valence-electron chi connectivity index (χ1n) is 45.7. The molecule has 5 N–H and O–H groups in total. The number of nitrogens with zero attached hydrogens (tertiary/aromatic N) is 6. The molecule has 0 radical (unpaired) electrons. The number of carbonyl (C=O) groups excluding carboxylic acids is 5. The average molecular weight is 1730 g/mol. The lowest BCUT2D eigenvalue weighted by molar-refractivity contribution is -0.137. The summed E-state index contributed by atoms with van der Waals surface area (Å²) in [6.45, 7) is 26.8. The molecule has 0 aromatic heterocycles. The smallest absolute Gasteiger partial charge is 0.381 e. The standard InChI is InChI=1S/C24H30N2O2.C22H26N2O2.C22H28N2O.C20H21N3O.C19H19F3N2O/c1-17(2)19-7-5-18(6-8-19)15-26-12-3-4-20-14-22(9-10-23(20)26)25-24(27)21-11-13-28-16-21;1-16(25)23-20-10-11-21-19(14-20)4-2-12-24(21)15-17-6-8-18(9-7-17)22-5-3-13-26-22;1-4-22(25)23-20-11-12-21-19(14-20)6-5-13-24(21)15-17-7-9-18(10-8-17)16(2)3;1-15(24)22-19-8-9-20-18(13-19)3-2-12-23(20)14-17-6-4-16(5-7-17)10-11-21;1-13(25)23-17-8-9-18-15(11-17)3-2-10-24(18)12-14-4-6-16(7-5-14)19(20,21)22/h5-10,14,17,21H,3-4,11-13,15-16H2,1-2H3,(H,25,27);6-11,14,22H,2-5,12-13,15H2,1H3,(H,23,25);7-12,14,16H,4-6,13,15H2,1-3H3,(H,23,25);4-9,13H,2-3,10,12,14H2,1H3,(H,22,24);4-9,11H,2-3,10,12H2,1H3,(H,23,25). The largest absolute Gasteiger partial charge is 0.416 e. The summed E-state index contributed by atoms with van der Waals surface area (Å²) in [4.78, 5) is 69.6. The zero-order valence-electron chi connectivity index (χ0n) is 75.5. The van der Waals surface area contributed by atoms with Crippen LogP contribution in [0.3, 0.4) is 0 Å². The SMILES string of the molecule is CC(=O)Nc1ccc2c(c1)CCCN2Cc1ccc(C(F)(F)F)cc1.CC(=O)Nc1ccc2c(c1)CCCN2Cc1ccc(C2CCCO2)cc1.CC(=O)Nc1ccc2c(c1)CCCN2Cc1ccc(CC#N)cc1.CC(C)c1ccc(CN2CCCc3cc(NC(=O)C4CCOC4)ccc32)cc1.CCC(=O)Nc1ccc2c(c1)CCCN2Cc1ccc(C(C)C)cc1. The first-order chi connectivity index (χ1) is 61.8. The van der Waals surface area contributed by atoms with Gasteiger partial charge in [0.05, 0.1) is 36.7 Å². The quantitative estimate of drug-likeness (QED) is 0.0455. The molecular formula is C107H124F3N11O7. The van der Waals surface area contributed by atoms with Crippen LogP contribution in [0.5, 0.6) is 0 Å². The summed E-state index contributed by atoms with van der Waals surface area (Å²) in [5.74, 6) is 1.09. The van der Waals surface area contributed by atoms with Crippen molar-refractivity contribution in [1.82, 2.24) is 0 Å². The van der Waals surface area contributed by atoms with Crippen LogP contribution in [0, 0.1) is 17.2 Å². The van der Waals surface area contributed by atoms with Gasteiger partial charge >= 0.3 is 6.18 Å². The van der Waals surface area contributed by atoms with Crippen LogP contribution in [0.1, 0.15) is 215 Å². The fourth-order valence-electron chi connectivity index (χ4n) is 17.9. The molecule has 7 heterocycles. The van der Waals surface area contributed by atoms with Gasteiger partial charge in [-0.2, -0.15) is 18.4 Å². The van der Waals surface area contributed by atoms with Crippen LogP contribution in [0.4, 0.5) is 70.0 Å². The van der Waals surface area contributed by atoms with Crippen LogP contribution in [-0.2, 0) is 111 Å². The van der Waals surface area contributed by atoms with Crippen molar-refractivity contribution >= 4 is 86.4 Å². The van der Waals surface area contributed by atoms with Gasteiger partial charge in [0.1, 0.15) is 0 Å². The number of aryl methyl sites for hydroxylation is 5. The Kier molecular flexibility index (Phi) is 32.8. The van der Waals surface area contributed by atoms with E-state index >= 15 is 0 Å². The van der Waals surface area contributed by atoms with E-state index in [9.17, 15) is 37.1 Å². The maximum atomic E-state index is 12.7. The van der Waals surface area contributed by atoms with Gasteiger partial charge in [0, 0.05) is 163 Å². The summed E-state index contributed by atoms with van der Waals surface area (Å²) >= 11 is 0. The summed E-state index contributed by atoms with van der Waals surface area (Å²) < 4.78 is 49.1. The number of amides is 5. The van der Waals surface area contributed by atoms with Crippen molar-refractivity contribution in [2.24, 2.45) is 5.92 Å². The fourth-order valence-corrected chi connectivity index (χ4v) is 17.9. The van der Waals surface area contributed by atoms with E-state index in [1.165, 1.54) is 110 Å². The van der Waals surface area contributed by atoms with Crippen molar-refractivity contribution in [3.05, 3.63) is 296 Å². The summed E-state index contributed by atoms with van der Waals surface area (Å²) in [5, 5.41) is 23.3. The number of halogens is 3. The second-order valence-electron chi connectivity index (χ2n) is 35.2. The second kappa shape index (κ2) is 44.9. The van der Waals surface area contributed by atoms with Gasteiger partial charge in [0.2, 0.25) is 29.5 Å². The Morgan fingerprint density at radius 1 is 0.406 bits per heavy atom. The van der Waals surface area contributed by atoms with E-state index in [2.05, 4.69) is 218 Å². The molecule has 2 atom stereocenters. The minimum absolute atomic E-state index is 0.0126. The third kappa shape index (κ3) is 26.5. The molecule has 2 unspecified atom stereocenters. The predicted molar refractivity (Wildman–Crippen MR) is 511 cm³/mol. The highest BCUT2D eigenvalue weighted by molar-refractivity contribution is 5.94. The Hall–Kier alpha value is -12.3. The molecule has 128 heavy (non-hydrogen) atoms. The lowest BCUT2D eigenvalue weighted by Gasteiger charge is -2.32. The molecule has 7 aliphatic rings. The zero-order chi connectivity index (χ0) is 90.2. The van der Waals surface area contributed by atoms with Crippen LogP contribution >= 0.6 is 0 Å². The molecule has 5 amide bonds. The van der Waals surface area contributed by atoms with Crippen LogP contribution in [0.25, 0.3) is 0 Å². The van der Waals surface area contributed by atoms with Gasteiger partial charge in [-0.1, -0.05) is 144 Å². The van der Waals surface area contributed by atoms with Crippen molar-refractivity contribution in [3.63, 3.8) is 0 Å². The maximum Gasteiger partial charge on any atom is 0.416 e. The van der Waals surface area contributed by atoms with E-state index in [-0.39, 0.29) is 41.6 Å². The summed E-state index contributed by atoms with van der Waals surface area (Å²) in [6.07, 6.45) is 10.8. The number of ether oxygens (including phenoxy) is 2. The number of nitrogens with one attached hydrogen (secondary N) is 5. The topological polar surface area (TPSA) is 204 Å². The van der Waals surface area contributed by atoms with Crippen LogP contribution in [0.15, 0.2) is 212 Å². The molecule has 17 rings (SSSR count). The van der Waals surface area contributed by atoms with Crippen molar-refractivity contribution in [2.45, 2.75) is 209 Å². The normalized spacial score (nSPS) is 16.0. The van der Waals surface area contributed by atoms with Gasteiger partial charge in [-0.25, -0.2) is 0 Å². The molecule has 0 saturated carbocycles. The van der Waals surface area contributed by atoms with E-state index in [4.69, 9.17) is 14.7 Å². The van der Waals surface area contributed by atoms with Crippen molar-refractivity contribution in [3.8, 4) is 6.07 Å². The van der Waals surface area contributed by atoms with Gasteiger partial charge < -0.3 is 60.6 Å². The number of benzene rings is 10. The molecule has 18 nitrogen and oxygen atoms in total. The van der Waals surface area contributed by atoms with Gasteiger partial charge in [-0.05, 0) is 276 Å². The minimum Gasteiger partial charge on any atom is -0.381 e. The van der Waals surface area contributed by atoms with E-state index in [1.54, 1.807) is 6.92 Å². The molecule has 670 valence electrons. The Balaban J connectivity index is 0.000000137. The minimum atomic E-state index is -4.31. The molecule has 10 aromatic rings. The number of anilines is 10. The number of hydrogen-bond acceptors (Lipinski definition) is 13. The molecule has 10 aromatic carbocycles. The average Bonchev–Trinajstić information content (AvgIpc) is 0.887. The molecule has 0 aliphatic carbocycles. The third-order valence-electron chi connectivity index (χ3n) is 24.6. The Morgan fingerprint density at radius 2 is 0.727 bits per heavy atom. The van der Waals surface area contributed by atoms with Crippen molar-refractivity contribution in [2.75, 3.05) is 104 Å². The lowest BCUT2D eigenvalue weighted by Crippen LogP contribution is -2.29. The van der Waals surface area contributed by atoms with Gasteiger partial charge in [-0.3, -0.25) is 24.0 Å². The Bertz CT molecular complexity index is 5450. The zero-order valence-corrected chi connectivity index (χ0v) is 75.5. The molecular weight excluding hydrogens is 1610 g/mol. The van der Waals surface area contributed by atoms with Crippen molar-refractivity contribution < 1.29 is 46.6 Å². The number of hydrogen-bond donors (Lipinski definition) is 5. The van der Waals surface area contributed by atoms with Crippen LogP contribution < -0.4 is 51.1 Å². The van der Waals surface area contributed by atoms with Gasteiger partial charge in [0.15, 0.2) is 0 Å². The molecule has 0 bridgehead atoms. The maximum absolute atomic E-state index is 12.7. The monoisotopic (exact) mass is 1730 g/mol. The van der Waals surface area contributed by atoms with E-state index in [0.717, 1.165) is 212 Å². The Labute approximate surface area is 754 Å². The first-order valence-corrected chi connectivity index (χ1v) is 45.7. The third-order valence-corrected chi connectivity index (χ3v) is 24.6. The van der Waals surface area contributed by atoms with Gasteiger partial charge in [-0.15, -0.1) is 0 Å². The lowest BCUT2D eigenvalue weighted by atomic mass is 9.99. The highest BCUT2D eigenvalue weighted by Gasteiger charge is 2.31. The van der Waals surface area contributed by atoms with E-state index < -0.39 is 11.7 Å². The molecule has 21 heteroatoms. The van der Waals surface area contributed by atoms with Gasteiger partial charge in [0.25, 0.3) is 0 Å². The number of rotatable bonds is 21. The highest BCUT2D eigenvalue weighted by Crippen LogP contribution is 2.39. The summed E-state index contributed by atoms with van der Waals surface area (Å²) in [6, 6.07) is 73.5. The van der Waals surface area contributed by atoms with E-state index in [0.29, 0.717) is 44.4 Å². The first kappa shape index (κ1) is 93.4. The second-order valence-corrected chi connectivity index (χ2v) is 35.2. The number of nitriles is 1. The van der Waals surface area contributed by atoms with Crippen LogP contribution in [-0.4, -0.2) is 82.1 Å². The molecule has 7 aliphatic heterocycles. The van der Waals surface area contributed by atoms with Crippen molar-refractivity contribution in [1.29, 1.82) is 5.26 Å². The fraction of sp³-hybridized carbons (Fsp3) is 0.383. The molecule has 2 saturated heterocycles. The predicted octanol–water partition coefficient (Wildman–Crippen LogP) is 22.6. The number of carbonyl (C=O) groups is 5. The molecule has 0 spiro atoms. The molecule has 2 fully saturated rings. The summed E-state index contributed by atoms with van der Waals surface area (Å²) in [5.41, 5.74) is 27.5.